The Morgan fingerprint density at radius 2 is 1.60 bits per heavy atom. The van der Waals surface area contributed by atoms with Crippen molar-refractivity contribution in [3.8, 4) is 5.75 Å². The molecule has 1 amide bonds. The van der Waals surface area contributed by atoms with E-state index < -0.39 is 22.5 Å². The van der Waals surface area contributed by atoms with Gasteiger partial charge in [0.15, 0.2) is 0 Å². The Hall–Kier alpha value is -3.03. The smallest absolute Gasteiger partial charge is 0.264 e. The first-order chi connectivity index (χ1) is 16.4. The quantitative estimate of drug-likeness (QED) is 0.421. The molecule has 0 aromatic heterocycles. The molecule has 0 heterocycles. The zero-order chi connectivity index (χ0) is 25.9. The fraction of sp³-hybridized carbons (Fsp3) is 0.296. The van der Waals surface area contributed by atoms with Crippen LogP contribution in [0.5, 0.6) is 5.75 Å². The lowest BCUT2D eigenvalue weighted by molar-refractivity contribution is -0.120. The maximum Gasteiger partial charge on any atom is 0.264 e. The van der Waals surface area contributed by atoms with Crippen molar-refractivity contribution in [2.75, 3.05) is 18.0 Å². The molecular formula is C27H31ClN2O4S. The summed E-state index contributed by atoms with van der Waals surface area (Å²) in [7, 11) is -2.57. The topological polar surface area (TPSA) is 75.7 Å². The summed E-state index contributed by atoms with van der Waals surface area (Å²) in [5, 5.41) is 3.20. The van der Waals surface area contributed by atoms with Crippen LogP contribution in [0.1, 0.15) is 40.8 Å². The van der Waals surface area contributed by atoms with Gasteiger partial charge in [-0.1, -0.05) is 41.4 Å². The molecule has 0 saturated carbocycles. The fourth-order valence-corrected chi connectivity index (χ4v) is 5.57. The van der Waals surface area contributed by atoms with Gasteiger partial charge in [0, 0.05) is 0 Å². The highest BCUT2D eigenvalue weighted by atomic mass is 35.5. The van der Waals surface area contributed by atoms with Gasteiger partial charge >= 0.3 is 0 Å². The van der Waals surface area contributed by atoms with Gasteiger partial charge < -0.3 is 10.1 Å². The van der Waals surface area contributed by atoms with Crippen molar-refractivity contribution < 1.29 is 17.9 Å². The maximum atomic E-state index is 13.6. The van der Waals surface area contributed by atoms with E-state index in [9.17, 15) is 13.2 Å². The normalized spacial score (nSPS) is 12.2. The summed E-state index contributed by atoms with van der Waals surface area (Å²) in [6.45, 7) is 9.42. The second-order valence-corrected chi connectivity index (χ2v) is 11.0. The molecular weight excluding hydrogens is 484 g/mol. The van der Waals surface area contributed by atoms with Crippen molar-refractivity contribution in [3.63, 3.8) is 0 Å². The number of carbonyl (C=O) groups excluding carboxylic acids is 1. The molecule has 0 aliphatic carbocycles. The van der Waals surface area contributed by atoms with E-state index in [1.165, 1.54) is 30.9 Å². The molecule has 1 atom stereocenters. The summed E-state index contributed by atoms with van der Waals surface area (Å²) in [4.78, 5) is 13.2. The third-order valence-corrected chi connectivity index (χ3v) is 8.13. The van der Waals surface area contributed by atoms with Crippen LogP contribution in [0.4, 0.5) is 5.69 Å². The Morgan fingerprint density at radius 1 is 0.971 bits per heavy atom. The zero-order valence-corrected chi connectivity index (χ0v) is 22.4. The van der Waals surface area contributed by atoms with E-state index in [0.717, 1.165) is 26.6 Å². The lowest BCUT2D eigenvalue weighted by Gasteiger charge is -2.26. The summed E-state index contributed by atoms with van der Waals surface area (Å²) < 4.78 is 33.5. The first-order valence-corrected chi connectivity index (χ1v) is 13.1. The minimum Gasteiger partial charge on any atom is -0.495 e. The average molecular weight is 515 g/mol. The average Bonchev–Trinajstić information content (AvgIpc) is 2.80. The van der Waals surface area contributed by atoms with Crippen molar-refractivity contribution in [2.24, 2.45) is 0 Å². The molecule has 0 spiro atoms. The van der Waals surface area contributed by atoms with Crippen molar-refractivity contribution >= 4 is 33.2 Å². The summed E-state index contributed by atoms with van der Waals surface area (Å²) in [5.41, 5.74) is 5.55. The number of carbonyl (C=O) groups is 1. The lowest BCUT2D eigenvalue weighted by atomic mass is 9.96. The van der Waals surface area contributed by atoms with Crippen LogP contribution in [0.2, 0.25) is 5.02 Å². The number of nitrogens with one attached hydrogen (secondary N) is 1. The number of hydrogen-bond donors (Lipinski definition) is 1. The van der Waals surface area contributed by atoms with Crippen molar-refractivity contribution in [2.45, 2.75) is 45.6 Å². The third-order valence-electron chi connectivity index (χ3n) is 6.05. The van der Waals surface area contributed by atoms with Gasteiger partial charge in [0.05, 0.1) is 28.8 Å². The van der Waals surface area contributed by atoms with Gasteiger partial charge in [-0.05, 0) is 87.2 Å². The second-order valence-electron chi connectivity index (χ2n) is 8.73. The Bertz CT molecular complexity index is 1340. The van der Waals surface area contributed by atoms with E-state index in [4.69, 9.17) is 16.3 Å². The minimum absolute atomic E-state index is 0.0842. The van der Waals surface area contributed by atoms with E-state index in [1.807, 2.05) is 34.6 Å². The second kappa shape index (κ2) is 10.7. The summed E-state index contributed by atoms with van der Waals surface area (Å²) in [6.07, 6.45) is 0. The van der Waals surface area contributed by atoms with E-state index in [1.54, 1.807) is 24.3 Å². The molecule has 3 aromatic rings. The number of nitrogens with zero attached hydrogens (tertiary/aromatic N) is 1. The number of methoxy groups -OCH3 is 1. The van der Waals surface area contributed by atoms with Gasteiger partial charge in [-0.3, -0.25) is 9.10 Å². The first kappa shape index (κ1) is 26.6. The molecule has 0 radical (unpaired) electrons. The molecule has 6 nitrogen and oxygen atoms in total. The molecule has 0 saturated heterocycles. The summed E-state index contributed by atoms with van der Waals surface area (Å²) >= 11 is 6.29. The number of amides is 1. The minimum atomic E-state index is -4.05. The van der Waals surface area contributed by atoms with Gasteiger partial charge in [-0.15, -0.1) is 0 Å². The van der Waals surface area contributed by atoms with Gasteiger partial charge in [-0.25, -0.2) is 8.42 Å². The Balaban J connectivity index is 1.95. The van der Waals surface area contributed by atoms with Gasteiger partial charge in [-0.2, -0.15) is 0 Å². The van der Waals surface area contributed by atoms with Crippen LogP contribution in [0.15, 0.2) is 59.5 Å². The molecule has 0 bridgehead atoms. The van der Waals surface area contributed by atoms with Crippen LogP contribution in [-0.4, -0.2) is 28.0 Å². The van der Waals surface area contributed by atoms with Gasteiger partial charge in [0.25, 0.3) is 10.0 Å². The first-order valence-electron chi connectivity index (χ1n) is 11.2. The monoisotopic (exact) mass is 514 g/mol. The number of ether oxygens (including phenoxy) is 1. The fourth-order valence-electron chi connectivity index (χ4n) is 3.91. The SMILES string of the molecule is COc1ccc(N(CC(=O)NC(C)c2cc(C)c(C)cc2C)S(=O)(=O)c2ccc(C)cc2)cc1Cl. The predicted molar refractivity (Wildman–Crippen MR) is 141 cm³/mol. The number of aryl methyl sites for hydroxylation is 4. The Morgan fingerprint density at radius 3 is 2.20 bits per heavy atom. The number of sulfonamides is 1. The van der Waals surface area contributed by atoms with Crippen LogP contribution in [-0.2, 0) is 14.8 Å². The van der Waals surface area contributed by atoms with Crippen molar-refractivity contribution in [1.82, 2.24) is 5.32 Å². The Kier molecular flexibility index (Phi) is 8.13. The van der Waals surface area contributed by atoms with E-state index in [-0.39, 0.29) is 21.6 Å². The molecule has 0 aliphatic heterocycles. The van der Waals surface area contributed by atoms with Crippen LogP contribution >= 0.6 is 11.6 Å². The number of rotatable bonds is 8. The number of halogens is 1. The highest BCUT2D eigenvalue weighted by molar-refractivity contribution is 7.92. The molecule has 1 N–H and O–H groups in total. The van der Waals surface area contributed by atoms with Gasteiger partial charge in [0.2, 0.25) is 5.91 Å². The van der Waals surface area contributed by atoms with E-state index >= 15 is 0 Å². The zero-order valence-electron chi connectivity index (χ0n) is 20.8. The molecule has 8 heteroatoms. The van der Waals surface area contributed by atoms with Crippen molar-refractivity contribution in [3.05, 3.63) is 87.4 Å². The molecule has 0 fully saturated rings. The van der Waals surface area contributed by atoms with Crippen LogP contribution in [0.25, 0.3) is 0 Å². The molecule has 3 aromatic carbocycles. The van der Waals surface area contributed by atoms with Crippen LogP contribution in [0, 0.1) is 27.7 Å². The highest BCUT2D eigenvalue weighted by Crippen LogP contribution is 2.32. The number of anilines is 1. The summed E-state index contributed by atoms with van der Waals surface area (Å²) in [5.74, 6) is -0.0239. The molecule has 0 aliphatic rings. The maximum absolute atomic E-state index is 13.6. The van der Waals surface area contributed by atoms with Crippen molar-refractivity contribution in [1.29, 1.82) is 0 Å². The molecule has 1 unspecified atom stereocenters. The molecule has 3 rings (SSSR count). The summed E-state index contributed by atoms with van der Waals surface area (Å²) in [6, 6.07) is 15.0. The lowest BCUT2D eigenvalue weighted by Crippen LogP contribution is -2.41. The van der Waals surface area contributed by atoms with Crippen LogP contribution in [0.3, 0.4) is 0 Å². The predicted octanol–water partition coefficient (Wildman–Crippen LogP) is 5.65. The number of hydrogen-bond acceptors (Lipinski definition) is 4. The largest absolute Gasteiger partial charge is 0.495 e. The van der Waals surface area contributed by atoms with Crippen LogP contribution < -0.4 is 14.4 Å². The number of benzene rings is 3. The molecule has 35 heavy (non-hydrogen) atoms. The Labute approximate surface area is 212 Å². The van der Waals surface area contributed by atoms with E-state index in [2.05, 4.69) is 17.4 Å². The standard InChI is InChI=1S/C27H31ClN2O4S/c1-17-7-10-23(11-8-17)35(32,33)30(22-9-12-26(34-6)25(28)15-22)16-27(31)29-21(5)24-14-19(3)18(2)13-20(24)4/h7-15,21H,16H2,1-6H3,(H,29,31). The van der Waals surface area contributed by atoms with E-state index in [0.29, 0.717) is 5.75 Å². The highest BCUT2D eigenvalue weighted by Gasteiger charge is 2.28. The van der Waals surface area contributed by atoms with Gasteiger partial charge in [0.1, 0.15) is 12.3 Å². The third kappa shape index (κ3) is 5.97. The molecule has 186 valence electrons.